The molecule has 3 aliphatic heterocycles. The first-order chi connectivity index (χ1) is 11.4. The number of nitrogens with two attached hydrogens (primary N) is 1. The second-order valence-corrected chi connectivity index (χ2v) is 5.73. The van der Waals surface area contributed by atoms with Crippen molar-refractivity contribution in [2.24, 2.45) is 10.7 Å². The van der Waals surface area contributed by atoms with Crippen LogP contribution < -0.4 is 5.73 Å². The normalized spacial score (nSPS) is 45.7. The van der Waals surface area contributed by atoms with Gasteiger partial charge in [-0.3, -0.25) is 4.74 Å². The summed E-state index contributed by atoms with van der Waals surface area (Å²) in [5, 5.41) is 38.7. The van der Waals surface area contributed by atoms with Crippen LogP contribution in [-0.4, -0.2) is 93.7 Å². The molecule has 11 nitrogen and oxygen atoms in total. The number of hydrogen-bond donors (Lipinski definition) is 5. The first kappa shape index (κ1) is 17.4. The highest BCUT2D eigenvalue weighted by Crippen LogP contribution is 2.37. The summed E-state index contributed by atoms with van der Waals surface area (Å²) < 4.78 is 15.5. The maximum Gasteiger partial charge on any atom is 0.453 e. The first-order valence-corrected chi connectivity index (χ1v) is 7.40. The van der Waals surface area contributed by atoms with Crippen LogP contribution in [0.4, 0.5) is 4.79 Å². The van der Waals surface area contributed by atoms with Crippen LogP contribution in [0.1, 0.15) is 0 Å². The Morgan fingerprint density at radius 1 is 1.25 bits per heavy atom. The van der Waals surface area contributed by atoms with Gasteiger partial charge < -0.3 is 35.6 Å². The number of amidine groups is 1. The molecule has 0 aromatic rings. The number of aliphatic hydroxyl groups is 4. The fourth-order valence-corrected chi connectivity index (χ4v) is 3.07. The van der Waals surface area contributed by atoms with Crippen LogP contribution in [0, 0.1) is 0 Å². The molecule has 0 saturated carbocycles. The number of carbonyl (C=O) groups excluding carboxylic acids is 1. The molecule has 2 saturated heterocycles. The number of quaternary nitrogens is 1. The van der Waals surface area contributed by atoms with Crippen molar-refractivity contribution < 1.29 is 43.9 Å². The summed E-state index contributed by atoms with van der Waals surface area (Å²) in [6.07, 6.45) is -4.45. The molecule has 0 radical (unpaired) electrons. The number of ether oxygens (including phenoxy) is 3. The Kier molecular flexibility index (Phi) is 4.68. The van der Waals surface area contributed by atoms with E-state index in [1.54, 1.807) is 0 Å². The second-order valence-electron chi connectivity index (χ2n) is 5.73. The van der Waals surface area contributed by atoms with Crippen LogP contribution in [0.25, 0.3) is 0 Å². The van der Waals surface area contributed by atoms with E-state index in [1.165, 1.54) is 12.3 Å². The van der Waals surface area contributed by atoms with Gasteiger partial charge in [-0.05, 0) is 0 Å². The van der Waals surface area contributed by atoms with Crippen LogP contribution in [0.3, 0.4) is 0 Å². The summed E-state index contributed by atoms with van der Waals surface area (Å²) in [5.74, 6) is -0.0295. The Hall–Kier alpha value is -1.44. The van der Waals surface area contributed by atoms with Crippen molar-refractivity contribution in [3.05, 3.63) is 12.3 Å². The van der Waals surface area contributed by atoms with Gasteiger partial charge in [0, 0.05) is 6.08 Å². The molecule has 0 aromatic heterocycles. The van der Waals surface area contributed by atoms with Crippen molar-refractivity contribution in [1.29, 1.82) is 0 Å². The van der Waals surface area contributed by atoms with E-state index in [1.807, 2.05) is 0 Å². The van der Waals surface area contributed by atoms with Crippen molar-refractivity contribution in [3.8, 4) is 0 Å². The molecule has 6 N–H and O–H groups in total. The van der Waals surface area contributed by atoms with E-state index in [0.29, 0.717) is 0 Å². The molecule has 134 valence electrons. The van der Waals surface area contributed by atoms with Crippen LogP contribution in [0.15, 0.2) is 17.3 Å². The molecule has 0 spiro atoms. The van der Waals surface area contributed by atoms with Crippen LogP contribution in [0.2, 0.25) is 0 Å². The Morgan fingerprint density at radius 2 is 2.00 bits per heavy atom. The van der Waals surface area contributed by atoms with Gasteiger partial charge in [-0.25, -0.2) is 4.79 Å². The molecule has 0 aromatic carbocycles. The monoisotopic (exact) mass is 346 g/mol. The minimum atomic E-state index is -1.48. The number of amides is 2. The number of nitrogens with zero attached hydrogens (tertiary/aromatic N) is 2. The third-order valence-electron chi connectivity index (χ3n) is 4.35. The van der Waals surface area contributed by atoms with Gasteiger partial charge in [-0.15, -0.1) is 4.99 Å². The van der Waals surface area contributed by atoms with Crippen molar-refractivity contribution in [1.82, 2.24) is 0 Å². The second kappa shape index (κ2) is 6.46. The lowest BCUT2D eigenvalue weighted by Gasteiger charge is -2.40. The molecule has 11 heteroatoms. The lowest BCUT2D eigenvalue weighted by molar-refractivity contribution is -0.898. The Morgan fingerprint density at radius 3 is 2.54 bits per heavy atom. The number of aliphatic imine (C=N–C) groups is 1. The summed E-state index contributed by atoms with van der Waals surface area (Å²) in [6.45, 7) is -1.04. The van der Waals surface area contributed by atoms with E-state index in [9.17, 15) is 20.1 Å². The number of hydrogen-bond acceptors (Lipinski definition) is 9. The number of carbonyl (C=O) groups is 1. The smallest absolute Gasteiger partial charge is 0.394 e. The van der Waals surface area contributed by atoms with Gasteiger partial charge in [0.15, 0.2) is 12.4 Å². The Balaban J connectivity index is 1.98. The van der Waals surface area contributed by atoms with Crippen molar-refractivity contribution in [2.75, 3.05) is 19.8 Å². The molecule has 3 heterocycles. The SMILES string of the molecule is NC1=NC(=O)[N@@+](C2COC(CO)O2)([C@@H]2O[C@H](CO)[C@@H](O)[C@H]2O)C=C1. The van der Waals surface area contributed by atoms with Crippen molar-refractivity contribution >= 4 is 11.9 Å². The van der Waals surface area contributed by atoms with Gasteiger partial charge in [0.25, 0.3) is 0 Å². The van der Waals surface area contributed by atoms with Gasteiger partial charge >= 0.3 is 6.03 Å². The molecule has 3 rings (SSSR count). The Bertz CT molecular complexity index is 569. The van der Waals surface area contributed by atoms with Crippen LogP contribution in [-0.2, 0) is 14.2 Å². The zero-order valence-electron chi connectivity index (χ0n) is 12.6. The van der Waals surface area contributed by atoms with E-state index in [-0.39, 0.29) is 12.4 Å². The molecule has 0 bridgehead atoms. The third kappa shape index (κ3) is 2.55. The lowest BCUT2D eigenvalue weighted by atomic mass is 10.1. The van der Waals surface area contributed by atoms with Gasteiger partial charge in [-0.2, -0.15) is 4.48 Å². The third-order valence-corrected chi connectivity index (χ3v) is 4.35. The average Bonchev–Trinajstić information content (AvgIpc) is 3.15. The molecule has 0 aliphatic carbocycles. The van der Waals surface area contributed by atoms with E-state index in [2.05, 4.69) is 4.99 Å². The summed E-state index contributed by atoms with van der Waals surface area (Å²) in [6, 6.07) is -0.781. The molecule has 24 heavy (non-hydrogen) atoms. The predicted molar refractivity (Wildman–Crippen MR) is 75.9 cm³/mol. The van der Waals surface area contributed by atoms with E-state index < -0.39 is 60.8 Å². The van der Waals surface area contributed by atoms with E-state index in [0.717, 1.165) is 0 Å². The molecular weight excluding hydrogens is 326 g/mol. The molecule has 2 unspecified atom stereocenters. The summed E-state index contributed by atoms with van der Waals surface area (Å²) in [5.41, 5.74) is 5.54. The Labute approximate surface area is 136 Å². The zero-order valence-corrected chi connectivity index (χ0v) is 12.6. The van der Waals surface area contributed by atoms with Crippen LogP contribution >= 0.6 is 0 Å². The van der Waals surface area contributed by atoms with Crippen molar-refractivity contribution in [3.63, 3.8) is 0 Å². The average molecular weight is 346 g/mol. The topological polar surface area (TPSA) is 164 Å². The minimum absolute atomic E-state index is 0.0295. The van der Waals surface area contributed by atoms with Gasteiger partial charge in [0.05, 0.1) is 13.2 Å². The predicted octanol–water partition coefficient (Wildman–Crippen LogP) is -3.06. The quantitative estimate of drug-likeness (QED) is 0.332. The zero-order chi connectivity index (χ0) is 17.5. The summed E-state index contributed by atoms with van der Waals surface area (Å²) >= 11 is 0. The largest absolute Gasteiger partial charge is 0.453 e. The molecular formula is C13H20N3O8+. The minimum Gasteiger partial charge on any atom is -0.394 e. The highest BCUT2D eigenvalue weighted by atomic mass is 16.7. The molecule has 3 aliphatic rings. The highest BCUT2D eigenvalue weighted by molar-refractivity contribution is 5.99. The number of urea groups is 1. The van der Waals surface area contributed by atoms with Gasteiger partial charge in [0.1, 0.15) is 30.9 Å². The molecule has 7 atom stereocenters. The van der Waals surface area contributed by atoms with Crippen LogP contribution in [0.5, 0.6) is 0 Å². The fraction of sp³-hybridized carbons (Fsp3) is 0.692. The number of aliphatic hydroxyl groups excluding tert-OH is 4. The molecule has 2 amide bonds. The maximum absolute atomic E-state index is 12.7. The van der Waals surface area contributed by atoms with Gasteiger partial charge in [-0.1, -0.05) is 0 Å². The summed E-state index contributed by atoms with van der Waals surface area (Å²) in [4.78, 5) is 16.4. The standard InChI is InChI=1S/C13H19N3O8/c14-7-1-2-16(13(21)15-7,8-5-22-9(4-18)24-8)12-11(20)10(19)6(3-17)23-12/h1-2,6,8-12,17-20H,3-5H2,(H-,14,15,21)/p+1/t6-,8?,9?,10-,11-,12-,16+/m1/s1. The highest BCUT2D eigenvalue weighted by Gasteiger charge is 2.62. The first-order valence-electron chi connectivity index (χ1n) is 7.40. The lowest BCUT2D eigenvalue weighted by Crippen LogP contribution is -2.65. The van der Waals surface area contributed by atoms with Gasteiger partial charge in [0.2, 0.25) is 12.5 Å². The molecule has 2 fully saturated rings. The fourth-order valence-electron chi connectivity index (χ4n) is 3.07. The maximum atomic E-state index is 12.7. The summed E-state index contributed by atoms with van der Waals surface area (Å²) in [7, 11) is 0. The number of rotatable bonds is 4. The van der Waals surface area contributed by atoms with E-state index in [4.69, 9.17) is 25.1 Å². The van der Waals surface area contributed by atoms with Crippen molar-refractivity contribution in [2.45, 2.75) is 37.1 Å². The van der Waals surface area contributed by atoms with E-state index >= 15 is 0 Å².